The summed E-state index contributed by atoms with van der Waals surface area (Å²) in [7, 11) is 0. The van der Waals surface area contributed by atoms with Crippen molar-refractivity contribution in [1.82, 2.24) is 9.38 Å². The van der Waals surface area contributed by atoms with E-state index in [-0.39, 0.29) is 5.56 Å². The molecule has 3 rings (SSSR count). The van der Waals surface area contributed by atoms with Gasteiger partial charge in [-0.25, -0.2) is 4.98 Å². The molecule has 0 saturated heterocycles. The quantitative estimate of drug-likeness (QED) is 0.804. The van der Waals surface area contributed by atoms with Crippen molar-refractivity contribution in [3.8, 4) is 0 Å². The summed E-state index contributed by atoms with van der Waals surface area (Å²) in [5, 5.41) is 5.17. The largest absolute Gasteiger partial charge is 0.379 e. The van der Waals surface area contributed by atoms with Crippen LogP contribution in [0, 0.1) is 13.8 Å². The van der Waals surface area contributed by atoms with E-state index in [4.69, 9.17) is 0 Å². The fraction of sp³-hybridized carbons (Fsp3) is 0.200. The smallest absolute Gasteiger partial charge is 0.258 e. The van der Waals surface area contributed by atoms with Crippen molar-refractivity contribution in [2.24, 2.45) is 0 Å². The van der Waals surface area contributed by atoms with Gasteiger partial charge in [0, 0.05) is 23.3 Å². The predicted molar refractivity (Wildman–Crippen MR) is 82.6 cm³/mol. The Labute approximate surface area is 120 Å². The molecule has 1 aromatic carbocycles. The summed E-state index contributed by atoms with van der Waals surface area (Å²) in [4.78, 5) is 17.1. The highest BCUT2D eigenvalue weighted by Gasteiger charge is 2.03. The Kier molecular flexibility index (Phi) is 3.28. The summed E-state index contributed by atoms with van der Waals surface area (Å²) in [5.74, 6) is 0. The molecule has 2 aromatic heterocycles. The summed E-state index contributed by atoms with van der Waals surface area (Å²) >= 11 is 1.47. The SMILES string of the molecule is Cc1ccc(NCc2cc(=O)n3ccsc3n2)cc1C. The summed E-state index contributed by atoms with van der Waals surface area (Å²) in [5.41, 5.74) is 4.29. The van der Waals surface area contributed by atoms with Crippen LogP contribution in [0.25, 0.3) is 4.96 Å². The second-order valence-corrected chi connectivity index (χ2v) is 5.67. The van der Waals surface area contributed by atoms with E-state index in [2.05, 4.69) is 36.3 Å². The second kappa shape index (κ2) is 5.09. The molecule has 4 nitrogen and oxygen atoms in total. The lowest BCUT2D eigenvalue weighted by molar-refractivity contribution is 0.989. The molecule has 0 spiro atoms. The van der Waals surface area contributed by atoms with Crippen molar-refractivity contribution >= 4 is 22.0 Å². The topological polar surface area (TPSA) is 46.4 Å². The van der Waals surface area contributed by atoms with Gasteiger partial charge in [0.05, 0.1) is 12.2 Å². The minimum absolute atomic E-state index is 0.0341. The van der Waals surface area contributed by atoms with Gasteiger partial charge in [-0.1, -0.05) is 6.07 Å². The molecule has 102 valence electrons. The van der Waals surface area contributed by atoms with Gasteiger partial charge in [0.1, 0.15) is 0 Å². The van der Waals surface area contributed by atoms with Gasteiger partial charge in [0.25, 0.3) is 5.56 Å². The zero-order chi connectivity index (χ0) is 14.1. The maximum Gasteiger partial charge on any atom is 0.258 e. The number of thiazole rings is 1. The van der Waals surface area contributed by atoms with Crippen LogP contribution in [0.2, 0.25) is 0 Å². The van der Waals surface area contributed by atoms with Crippen LogP contribution in [0.1, 0.15) is 16.8 Å². The van der Waals surface area contributed by atoms with Gasteiger partial charge in [0.15, 0.2) is 4.96 Å². The number of benzene rings is 1. The first-order chi connectivity index (χ1) is 9.63. The standard InChI is InChI=1S/C15H15N3OS/c1-10-3-4-12(7-11(10)2)16-9-13-8-14(19)18-5-6-20-15(18)17-13/h3-8,16H,9H2,1-2H3. The molecule has 2 heterocycles. The molecule has 0 saturated carbocycles. The summed E-state index contributed by atoms with van der Waals surface area (Å²) in [6.07, 6.45) is 1.75. The number of nitrogens with one attached hydrogen (secondary N) is 1. The van der Waals surface area contributed by atoms with Crippen LogP contribution in [0.5, 0.6) is 0 Å². The van der Waals surface area contributed by atoms with Crippen LogP contribution in [0.4, 0.5) is 5.69 Å². The first-order valence-electron chi connectivity index (χ1n) is 6.40. The minimum atomic E-state index is -0.0341. The molecular weight excluding hydrogens is 270 g/mol. The number of hydrogen-bond acceptors (Lipinski definition) is 4. The molecule has 1 N–H and O–H groups in total. The van der Waals surface area contributed by atoms with Crippen molar-refractivity contribution in [2.75, 3.05) is 5.32 Å². The van der Waals surface area contributed by atoms with Crippen molar-refractivity contribution in [1.29, 1.82) is 0 Å². The maximum absolute atomic E-state index is 11.9. The summed E-state index contributed by atoms with van der Waals surface area (Å²) in [6.45, 7) is 4.72. The van der Waals surface area contributed by atoms with Crippen LogP contribution in [-0.4, -0.2) is 9.38 Å². The van der Waals surface area contributed by atoms with Gasteiger partial charge in [-0.05, 0) is 37.1 Å². The second-order valence-electron chi connectivity index (χ2n) is 4.79. The van der Waals surface area contributed by atoms with E-state index in [1.54, 1.807) is 16.7 Å². The third-order valence-corrected chi connectivity index (χ3v) is 4.09. The molecule has 20 heavy (non-hydrogen) atoms. The number of hydrogen-bond donors (Lipinski definition) is 1. The van der Waals surface area contributed by atoms with E-state index >= 15 is 0 Å². The van der Waals surface area contributed by atoms with Gasteiger partial charge in [-0.15, -0.1) is 11.3 Å². The third kappa shape index (κ3) is 2.44. The Morgan fingerprint density at radius 3 is 2.90 bits per heavy atom. The molecule has 5 heteroatoms. The fourth-order valence-electron chi connectivity index (χ4n) is 2.02. The summed E-state index contributed by atoms with van der Waals surface area (Å²) in [6, 6.07) is 7.81. The molecule has 0 fully saturated rings. The highest BCUT2D eigenvalue weighted by atomic mass is 32.1. The Balaban J connectivity index is 1.82. The number of anilines is 1. The Morgan fingerprint density at radius 2 is 2.10 bits per heavy atom. The van der Waals surface area contributed by atoms with Crippen LogP contribution in [0.3, 0.4) is 0 Å². The molecule has 0 aliphatic carbocycles. The van der Waals surface area contributed by atoms with Crippen molar-refractivity contribution in [2.45, 2.75) is 20.4 Å². The molecule has 0 amide bonds. The maximum atomic E-state index is 11.9. The molecule has 0 radical (unpaired) electrons. The van der Waals surface area contributed by atoms with E-state index in [1.807, 2.05) is 11.4 Å². The predicted octanol–water partition coefficient (Wildman–Crippen LogP) is 2.98. The highest BCUT2D eigenvalue weighted by molar-refractivity contribution is 7.15. The average Bonchev–Trinajstić information content (AvgIpc) is 2.89. The molecular formula is C15H15N3OS. The van der Waals surface area contributed by atoms with E-state index in [0.29, 0.717) is 6.54 Å². The van der Waals surface area contributed by atoms with E-state index in [9.17, 15) is 4.79 Å². The number of aromatic nitrogens is 2. The first kappa shape index (κ1) is 12.9. The molecule has 0 bridgehead atoms. The third-order valence-electron chi connectivity index (χ3n) is 3.34. The normalized spacial score (nSPS) is 10.9. The Morgan fingerprint density at radius 1 is 1.25 bits per heavy atom. The average molecular weight is 285 g/mol. The summed E-state index contributed by atoms with van der Waals surface area (Å²) < 4.78 is 1.56. The lowest BCUT2D eigenvalue weighted by atomic mass is 10.1. The lowest BCUT2D eigenvalue weighted by Crippen LogP contribution is -2.14. The van der Waals surface area contributed by atoms with Crippen LogP contribution in [-0.2, 0) is 6.54 Å². The van der Waals surface area contributed by atoms with Gasteiger partial charge in [-0.3, -0.25) is 9.20 Å². The molecule has 0 aliphatic rings. The van der Waals surface area contributed by atoms with Crippen molar-refractivity contribution in [3.63, 3.8) is 0 Å². The lowest BCUT2D eigenvalue weighted by Gasteiger charge is -2.08. The number of aryl methyl sites for hydroxylation is 2. The molecule has 3 aromatic rings. The van der Waals surface area contributed by atoms with Crippen LogP contribution in [0.15, 0.2) is 40.6 Å². The van der Waals surface area contributed by atoms with Gasteiger partial charge < -0.3 is 5.32 Å². The minimum Gasteiger partial charge on any atom is -0.379 e. The highest BCUT2D eigenvalue weighted by Crippen LogP contribution is 2.15. The van der Waals surface area contributed by atoms with Gasteiger partial charge in [0.2, 0.25) is 0 Å². The van der Waals surface area contributed by atoms with Gasteiger partial charge >= 0.3 is 0 Å². The monoisotopic (exact) mass is 285 g/mol. The Hall–Kier alpha value is -2.14. The van der Waals surface area contributed by atoms with E-state index < -0.39 is 0 Å². The van der Waals surface area contributed by atoms with Crippen molar-refractivity contribution < 1.29 is 0 Å². The first-order valence-corrected chi connectivity index (χ1v) is 7.28. The molecule has 0 atom stereocenters. The van der Waals surface area contributed by atoms with E-state index in [0.717, 1.165) is 16.3 Å². The molecule has 0 unspecified atom stereocenters. The van der Waals surface area contributed by atoms with Crippen molar-refractivity contribution in [3.05, 3.63) is 63.0 Å². The fourth-order valence-corrected chi connectivity index (χ4v) is 2.76. The zero-order valence-corrected chi connectivity index (χ0v) is 12.2. The molecule has 0 aliphatic heterocycles. The zero-order valence-electron chi connectivity index (χ0n) is 11.4. The van der Waals surface area contributed by atoms with E-state index in [1.165, 1.54) is 22.5 Å². The van der Waals surface area contributed by atoms with Crippen LogP contribution < -0.4 is 10.9 Å². The Bertz CT molecular complexity index is 819. The van der Waals surface area contributed by atoms with Crippen LogP contribution >= 0.6 is 11.3 Å². The van der Waals surface area contributed by atoms with Gasteiger partial charge in [-0.2, -0.15) is 0 Å². The number of rotatable bonds is 3. The number of nitrogens with zero attached hydrogens (tertiary/aromatic N) is 2. The number of fused-ring (bicyclic) bond motifs is 1.